The second-order valence-electron chi connectivity index (χ2n) is 6.34. The number of rotatable bonds is 8. The molecule has 3 rings (SSSR count). The number of hydrazine groups is 1. The minimum absolute atomic E-state index is 0.0138. The van der Waals surface area contributed by atoms with Gasteiger partial charge in [0.1, 0.15) is 12.4 Å². The molecule has 0 aromatic carbocycles. The van der Waals surface area contributed by atoms with E-state index < -0.39 is 0 Å². The lowest BCUT2D eigenvalue weighted by Crippen LogP contribution is -2.44. The lowest BCUT2D eigenvalue weighted by atomic mass is 10.1. The molecule has 2 aromatic rings. The Morgan fingerprint density at radius 2 is 2.35 bits per heavy atom. The fourth-order valence-electron chi connectivity index (χ4n) is 3.03. The van der Waals surface area contributed by atoms with Gasteiger partial charge in [-0.1, -0.05) is 6.07 Å². The van der Waals surface area contributed by atoms with Crippen molar-refractivity contribution in [3.8, 4) is 0 Å². The van der Waals surface area contributed by atoms with Gasteiger partial charge in [-0.2, -0.15) is 0 Å². The number of methoxy groups -OCH3 is 1. The maximum Gasteiger partial charge on any atom is 0.239 e. The lowest BCUT2D eigenvalue weighted by Gasteiger charge is -2.17. The monoisotopic (exact) mass is 359 g/mol. The zero-order valence-electron chi connectivity index (χ0n) is 15.1. The summed E-state index contributed by atoms with van der Waals surface area (Å²) in [6.07, 6.45) is 4.93. The van der Waals surface area contributed by atoms with E-state index in [2.05, 4.69) is 31.3 Å². The van der Waals surface area contributed by atoms with Crippen molar-refractivity contribution in [2.45, 2.75) is 44.4 Å². The molecule has 3 atom stereocenters. The second kappa shape index (κ2) is 8.84. The van der Waals surface area contributed by atoms with Gasteiger partial charge in [0.05, 0.1) is 17.8 Å². The average Bonchev–Trinajstić information content (AvgIpc) is 3.32. The third kappa shape index (κ3) is 4.43. The number of ether oxygens (including phenoxy) is 1. The Kier molecular flexibility index (Phi) is 6.26. The van der Waals surface area contributed by atoms with E-state index >= 15 is 0 Å². The van der Waals surface area contributed by atoms with Crippen LogP contribution in [0.3, 0.4) is 0 Å². The van der Waals surface area contributed by atoms with E-state index in [0.717, 1.165) is 24.5 Å². The Hall–Kier alpha value is -2.36. The van der Waals surface area contributed by atoms with Gasteiger partial charge in [0.15, 0.2) is 5.82 Å². The fourth-order valence-corrected chi connectivity index (χ4v) is 3.03. The van der Waals surface area contributed by atoms with Gasteiger partial charge < -0.3 is 14.6 Å². The molecule has 140 valence electrons. The smallest absolute Gasteiger partial charge is 0.239 e. The molecule has 0 aliphatic carbocycles. The molecule has 0 spiro atoms. The number of hydrogen-bond donors (Lipinski definition) is 3. The number of carbonyl (C=O) groups is 1. The number of aryl methyl sites for hydroxylation is 1. The Morgan fingerprint density at radius 1 is 1.46 bits per heavy atom. The molecule has 1 amide bonds. The summed E-state index contributed by atoms with van der Waals surface area (Å²) in [5, 5.41) is 11.1. The highest BCUT2D eigenvalue weighted by atomic mass is 16.5. The highest BCUT2D eigenvalue weighted by Gasteiger charge is 2.31. The summed E-state index contributed by atoms with van der Waals surface area (Å²) in [7, 11) is 1.68. The molecule has 3 heterocycles. The van der Waals surface area contributed by atoms with Crippen molar-refractivity contribution >= 4 is 5.91 Å². The summed E-state index contributed by atoms with van der Waals surface area (Å²) in [4.78, 5) is 16.9. The molecule has 1 aliphatic heterocycles. The number of carbonyl (C=O) groups excluding carboxylic acids is 1. The molecule has 0 bridgehead atoms. The molecular formula is C17H25N7O2. The van der Waals surface area contributed by atoms with Crippen LogP contribution in [0.2, 0.25) is 0 Å². The topological polar surface area (TPSA) is 106 Å². The predicted molar refractivity (Wildman–Crippen MR) is 94.7 cm³/mol. The normalized spacial score (nSPS) is 20.8. The number of nitrogens with zero attached hydrogens (tertiary/aromatic N) is 4. The zero-order valence-corrected chi connectivity index (χ0v) is 15.1. The molecule has 0 radical (unpaired) electrons. The number of aromatic nitrogens is 4. The van der Waals surface area contributed by atoms with Crippen LogP contribution in [0.15, 0.2) is 30.7 Å². The van der Waals surface area contributed by atoms with Crippen LogP contribution >= 0.6 is 0 Å². The van der Waals surface area contributed by atoms with Crippen molar-refractivity contribution < 1.29 is 9.53 Å². The highest BCUT2D eigenvalue weighted by molar-refractivity contribution is 5.82. The standard InChI is InChI=1S/C17H25N7O2/c1-12(16-23-19-11-24(16)8-5-9-26-2)20-17(25)15-10-14(21-22-15)13-6-3-4-7-18-13/h3-4,6-7,11-12,14-15,21-22H,5,8-10H2,1-2H3,(H,20,25). The van der Waals surface area contributed by atoms with Crippen molar-refractivity contribution in [2.75, 3.05) is 13.7 Å². The summed E-state index contributed by atoms with van der Waals surface area (Å²) >= 11 is 0. The first-order chi connectivity index (χ1) is 12.7. The molecule has 1 saturated heterocycles. The van der Waals surface area contributed by atoms with Crippen LogP contribution in [0.1, 0.15) is 43.4 Å². The van der Waals surface area contributed by atoms with E-state index in [1.165, 1.54) is 0 Å². The van der Waals surface area contributed by atoms with Gasteiger partial charge in [0.25, 0.3) is 0 Å². The van der Waals surface area contributed by atoms with Crippen LogP contribution in [0.4, 0.5) is 0 Å². The Balaban J connectivity index is 1.54. The SMILES string of the molecule is COCCCn1cnnc1C(C)NC(=O)C1CC(c2ccccn2)NN1. The molecular weight excluding hydrogens is 334 g/mol. The van der Waals surface area contributed by atoms with Crippen molar-refractivity contribution in [3.05, 3.63) is 42.2 Å². The van der Waals surface area contributed by atoms with Crippen LogP contribution in [0.25, 0.3) is 0 Å². The van der Waals surface area contributed by atoms with Gasteiger partial charge >= 0.3 is 0 Å². The first-order valence-electron chi connectivity index (χ1n) is 8.78. The summed E-state index contributed by atoms with van der Waals surface area (Å²) in [5.74, 6) is 0.663. The Bertz CT molecular complexity index is 706. The third-order valence-electron chi connectivity index (χ3n) is 4.40. The van der Waals surface area contributed by atoms with Crippen molar-refractivity contribution in [2.24, 2.45) is 0 Å². The van der Waals surface area contributed by atoms with Gasteiger partial charge in [-0.25, -0.2) is 10.9 Å². The van der Waals surface area contributed by atoms with Crippen LogP contribution in [-0.2, 0) is 16.1 Å². The molecule has 1 fully saturated rings. The number of pyridine rings is 1. The van der Waals surface area contributed by atoms with E-state index in [9.17, 15) is 4.79 Å². The van der Waals surface area contributed by atoms with E-state index in [0.29, 0.717) is 13.0 Å². The van der Waals surface area contributed by atoms with Gasteiger partial charge in [-0.05, 0) is 31.9 Å². The quantitative estimate of drug-likeness (QED) is 0.589. The van der Waals surface area contributed by atoms with Crippen LogP contribution in [0, 0.1) is 0 Å². The fraction of sp³-hybridized carbons (Fsp3) is 0.529. The van der Waals surface area contributed by atoms with E-state index in [1.807, 2.05) is 29.7 Å². The van der Waals surface area contributed by atoms with Crippen molar-refractivity contribution in [1.29, 1.82) is 0 Å². The van der Waals surface area contributed by atoms with E-state index in [-0.39, 0.29) is 24.0 Å². The summed E-state index contributed by atoms with van der Waals surface area (Å²) < 4.78 is 7.02. The Labute approximate surface area is 152 Å². The van der Waals surface area contributed by atoms with Crippen LogP contribution < -0.4 is 16.2 Å². The third-order valence-corrected chi connectivity index (χ3v) is 4.40. The van der Waals surface area contributed by atoms with Gasteiger partial charge in [-0.3, -0.25) is 9.78 Å². The molecule has 1 aliphatic rings. The maximum absolute atomic E-state index is 12.6. The maximum atomic E-state index is 12.6. The molecule has 26 heavy (non-hydrogen) atoms. The molecule has 9 heteroatoms. The van der Waals surface area contributed by atoms with Crippen LogP contribution in [-0.4, -0.2) is 45.4 Å². The zero-order chi connectivity index (χ0) is 18.4. The number of nitrogens with one attached hydrogen (secondary N) is 3. The number of amides is 1. The van der Waals surface area contributed by atoms with Gasteiger partial charge in [0.2, 0.25) is 5.91 Å². The van der Waals surface area contributed by atoms with Crippen LogP contribution in [0.5, 0.6) is 0 Å². The average molecular weight is 359 g/mol. The largest absolute Gasteiger partial charge is 0.385 e. The van der Waals surface area contributed by atoms with E-state index in [1.54, 1.807) is 19.6 Å². The predicted octanol–water partition coefficient (Wildman–Crippen LogP) is 0.495. The Morgan fingerprint density at radius 3 is 3.12 bits per heavy atom. The molecule has 3 N–H and O–H groups in total. The summed E-state index contributed by atoms with van der Waals surface area (Å²) in [6, 6.07) is 5.22. The van der Waals surface area contributed by atoms with Gasteiger partial charge in [-0.15, -0.1) is 10.2 Å². The van der Waals surface area contributed by atoms with Crippen molar-refractivity contribution in [1.82, 2.24) is 35.9 Å². The lowest BCUT2D eigenvalue weighted by molar-refractivity contribution is -0.123. The first-order valence-corrected chi connectivity index (χ1v) is 8.78. The molecule has 9 nitrogen and oxygen atoms in total. The van der Waals surface area contributed by atoms with E-state index in [4.69, 9.17) is 4.74 Å². The van der Waals surface area contributed by atoms with Gasteiger partial charge in [0, 0.05) is 26.5 Å². The van der Waals surface area contributed by atoms with Crippen molar-refractivity contribution in [3.63, 3.8) is 0 Å². The minimum atomic E-state index is -0.325. The second-order valence-corrected chi connectivity index (χ2v) is 6.34. The molecule has 2 aromatic heterocycles. The minimum Gasteiger partial charge on any atom is -0.385 e. The first kappa shape index (κ1) is 18.4. The highest BCUT2D eigenvalue weighted by Crippen LogP contribution is 2.20. The summed E-state index contributed by atoms with van der Waals surface area (Å²) in [6.45, 7) is 3.33. The summed E-state index contributed by atoms with van der Waals surface area (Å²) in [5.41, 5.74) is 7.11. The number of hydrogen-bond acceptors (Lipinski definition) is 7. The molecule has 3 unspecified atom stereocenters. The molecule has 0 saturated carbocycles.